The number of likely N-dealkylation sites (tertiary alicyclic amines) is 1. The van der Waals surface area contributed by atoms with Crippen LogP contribution in [0.1, 0.15) is 46.8 Å². The number of aromatic amines is 1. The van der Waals surface area contributed by atoms with Crippen LogP contribution in [0.4, 0.5) is 4.39 Å². The smallest absolute Gasteiger partial charge is 0.270 e. The van der Waals surface area contributed by atoms with E-state index in [-0.39, 0.29) is 35.6 Å². The van der Waals surface area contributed by atoms with Crippen molar-refractivity contribution in [1.29, 1.82) is 0 Å². The summed E-state index contributed by atoms with van der Waals surface area (Å²) in [5.41, 5.74) is -0.394. The Morgan fingerprint density at radius 3 is 2.67 bits per heavy atom. The molecule has 0 radical (unpaired) electrons. The quantitative estimate of drug-likeness (QED) is 0.632. The minimum atomic E-state index is -0.677. The largest absolute Gasteiger partial charge is 0.391 e. The van der Waals surface area contributed by atoms with Gasteiger partial charge in [0.25, 0.3) is 11.5 Å². The monoisotopic (exact) mass is 418 g/mol. The summed E-state index contributed by atoms with van der Waals surface area (Å²) in [5.74, 6) is -1.12. The summed E-state index contributed by atoms with van der Waals surface area (Å²) in [6.45, 7) is 1.15. The molecular weight excluding hydrogens is 395 g/mol. The van der Waals surface area contributed by atoms with Crippen molar-refractivity contribution in [2.75, 3.05) is 13.7 Å². The molecule has 10 heteroatoms. The van der Waals surface area contributed by atoms with Crippen molar-refractivity contribution in [3.63, 3.8) is 0 Å². The maximum atomic E-state index is 13.0. The molecule has 2 atom stereocenters. The van der Waals surface area contributed by atoms with Crippen LogP contribution >= 0.6 is 0 Å². The van der Waals surface area contributed by atoms with Crippen molar-refractivity contribution >= 4 is 11.8 Å². The number of nitrogens with one attached hydrogen (secondary N) is 2. The van der Waals surface area contributed by atoms with Gasteiger partial charge in [-0.3, -0.25) is 14.4 Å². The molecule has 3 rings (SSSR count). The number of aliphatic hydroxyl groups excluding tert-OH is 1. The number of amides is 2. The predicted octanol–water partition coefficient (Wildman–Crippen LogP) is 0.640. The lowest BCUT2D eigenvalue weighted by Gasteiger charge is -2.22. The molecule has 0 spiro atoms. The van der Waals surface area contributed by atoms with Gasteiger partial charge in [-0.05, 0) is 17.7 Å². The number of nitrogens with zero attached hydrogens (tertiary/aromatic N) is 2. The minimum Gasteiger partial charge on any atom is -0.391 e. The van der Waals surface area contributed by atoms with Crippen LogP contribution < -0.4 is 10.9 Å². The molecule has 2 heterocycles. The van der Waals surface area contributed by atoms with Gasteiger partial charge < -0.3 is 25.0 Å². The van der Waals surface area contributed by atoms with Crippen molar-refractivity contribution in [3.8, 4) is 0 Å². The van der Waals surface area contributed by atoms with E-state index >= 15 is 0 Å². The topological polar surface area (TPSA) is 125 Å². The Bertz CT molecular complexity index is 992. The summed E-state index contributed by atoms with van der Waals surface area (Å²) in [6.07, 6.45) is 0.186. The number of carbonyl (C=O) groups is 2. The Balaban J connectivity index is 1.89. The van der Waals surface area contributed by atoms with Crippen LogP contribution in [0.3, 0.4) is 0 Å². The molecule has 1 aromatic heterocycles. The predicted molar refractivity (Wildman–Crippen MR) is 104 cm³/mol. The van der Waals surface area contributed by atoms with Crippen LogP contribution in [0, 0.1) is 5.82 Å². The van der Waals surface area contributed by atoms with Gasteiger partial charge in [-0.2, -0.15) is 0 Å². The molecule has 1 aliphatic heterocycles. The van der Waals surface area contributed by atoms with E-state index in [1.165, 1.54) is 43.2 Å². The molecule has 30 heavy (non-hydrogen) atoms. The number of H-pyrrole nitrogens is 1. The van der Waals surface area contributed by atoms with E-state index in [1.807, 2.05) is 0 Å². The maximum absolute atomic E-state index is 13.0. The number of benzene rings is 1. The molecule has 1 aliphatic rings. The number of hydrogen-bond donors (Lipinski definition) is 3. The average molecular weight is 418 g/mol. The summed E-state index contributed by atoms with van der Waals surface area (Å²) in [6, 6.07) is 5.03. The molecule has 2 unspecified atom stereocenters. The number of carbonyl (C=O) groups excluding carboxylic acids is 2. The second kappa shape index (κ2) is 9.14. The zero-order chi connectivity index (χ0) is 21.8. The normalized spacial score (nSPS) is 18.5. The highest BCUT2D eigenvalue weighted by atomic mass is 19.1. The zero-order valence-corrected chi connectivity index (χ0v) is 16.6. The third kappa shape index (κ3) is 4.55. The Hall–Kier alpha value is -3.11. The summed E-state index contributed by atoms with van der Waals surface area (Å²) >= 11 is 0. The van der Waals surface area contributed by atoms with Crippen molar-refractivity contribution in [3.05, 3.63) is 63.1 Å². The first-order chi connectivity index (χ1) is 14.3. The standard InChI is InChI=1S/C20H23FN4O5/c1-11(27)25-9-14(30-2)7-16(25)18-23-17(15(10-26)19(28)24-18)20(29)22-8-12-3-5-13(21)6-4-12/h3-6,14,16,26H,7-10H2,1-2H3,(H,22,29)(H,23,24,28). The number of methoxy groups -OCH3 is 1. The lowest BCUT2D eigenvalue weighted by Crippen LogP contribution is -2.34. The average Bonchev–Trinajstić information content (AvgIpc) is 3.17. The highest BCUT2D eigenvalue weighted by molar-refractivity contribution is 5.93. The van der Waals surface area contributed by atoms with Crippen molar-refractivity contribution < 1.29 is 23.8 Å². The van der Waals surface area contributed by atoms with Gasteiger partial charge >= 0.3 is 0 Å². The van der Waals surface area contributed by atoms with Crippen LogP contribution in [0.2, 0.25) is 0 Å². The highest BCUT2D eigenvalue weighted by Crippen LogP contribution is 2.31. The van der Waals surface area contributed by atoms with Gasteiger partial charge in [0.15, 0.2) is 0 Å². The Morgan fingerprint density at radius 1 is 1.37 bits per heavy atom. The number of rotatable bonds is 6. The van der Waals surface area contributed by atoms with E-state index in [2.05, 4.69) is 15.3 Å². The van der Waals surface area contributed by atoms with Crippen LogP contribution in [0.5, 0.6) is 0 Å². The van der Waals surface area contributed by atoms with Gasteiger partial charge in [-0.15, -0.1) is 0 Å². The number of hydrogen-bond acceptors (Lipinski definition) is 6. The van der Waals surface area contributed by atoms with Crippen molar-refractivity contribution in [2.24, 2.45) is 0 Å². The first-order valence-electron chi connectivity index (χ1n) is 9.40. The van der Waals surface area contributed by atoms with Crippen molar-refractivity contribution in [1.82, 2.24) is 20.2 Å². The number of aromatic nitrogens is 2. The molecule has 2 aromatic rings. The molecule has 160 valence electrons. The summed E-state index contributed by atoms with van der Waals surface area (Å²) in [5, 5.41) is 12.2. The lowest BCUT2D eigenvalue weighted by atomic mass is 10.1. The molecule has 0 saturated carbocycles. The maximum Gasteiger partial charge on any atom is 0.270 e. The number of halogens is 1. The Kier molecular flexibility index (Phi) is 6.58. The molecule has 2 amide bonds. The number of ether oxygens (including phenoxy) is 1. The lowest BCUT2D eigenvalue weighted by molar-refractivity contribution is -0.130. The van der Waals surface area contributed by atoms with Gasteiger partial charge in [-0.1, -0.05) is 12.1 Å². The molecule has 1 fully saturated rings. The molecule has 0 aliphatic carbocycles. The fraction of sp³-hybridized carbons (Fsp3) is 0.400. The minimum absolute atomic E-state index is 0.0859. The Labute approximate surface area is 171 Å². The van der Waals surface area contributed by atoms with Gasteiger partial charge in [0.1, 0.15) is 17.3 Å². The molecular formula is C20H23FN4O5. The molecule has 1 aromatic carbocycles. The second-order valence-corrected chi connectivity index (χ2v) is 7.03. The van der Waals surface area contributed by atoms with Gasteiger partial charge in [0, 0.05) is 33.5 Å². The van der Waals surface area contributed by atoms with Gasteiger partial charge in [0.05, 0.1) is 24.3 Å². The zero-order valence-electron chi connectivity index (χ0n) is 16.6. The molecule has 3 N–H and O–H groups in total. The fourth-order valence-corrected chi connectivity index (χ4v) is 3.45. The molecule has 1 saturated heterocycles. The Morgan fingerprint density at radius 2 is 2.07 bits per heavy atom. The first-order valence-corrected chi connectivity index (χ1v) is 9.40. The fourth-order valence-electron chi connectivity index (χ4n) is 3.45. The third-order valence-electron chi connectivity index (χ3n) is 5.09. The van der Waals surface area contributed by atoms with Crippen LogP contribution in [-0.4, -0.2) is 51.5 Å². The summed E-state index contributed by atoms with van der Waals surface area (Å²) in [4.78, 5) is 45.6. The molecule has 9 nitrogen and oxygen atoms in total. The summed E-state index contributed by atoms with van der Waals surface area (Å²) < 4.78 is 18.4. The highest BCUT2D eigenvalue weighted by Gasteiger charge is 2.37. The van der Waals surface area contributed by atoms with Gasteiger partial charge in [-0.25, -0.2) is 9.37 Å². The number of aliphatic hydroxyl groups is 1. The van der Waals surface area contributed by atoms with E-state index in [4.69, 9.17) is 4.74 Å². The van der Waals surface area contributed by atoms with Gasteiger partial charge in [0.2, 0.25) is 5.91 Å². The van der Waals surface area contributed by atoms with E-state index in [9.17, 15) is 23.9 Å². The molecule has 0 bridgehead atoms. The SMILES string of the molecule is COC1CC(c2nc(C(=O)NCc3ccc(F)cc3)c(CO)c(=O)[nH]2)N(C(C)=O)C1. The van der Waals surface area contributed by atoms with Crippen molar-refractivity contribution in [2.45, 2.75) is 38.6 Å². The van der Waals surface area contributed by atoms with E-state index in [0.717, 1.165) is 0 Å². The first kappa shape index (κ1) is 21.6. The van der Waals surface area contributed by atoms with Crippen LogP contribution in [-0.2, 0) is 22.7 Å². The summed E-state index contributed by atoms with van der Waals surface area (Å²) in [7, 11) is 1.53. The second-order valence-electron chi connectivity index (χ2n) is 7.03. The van der Waals surface area contributed by atoms with E-state index < -0.39 is 29.9 Å². The van der Waals surface area contributed by atoms with Crippen LogP contribution in [0.25, 0.3) is 0 Å². The van der Waals surface area contributed by atoms with E-state index in [0.29, 0.717) is 18.5 Å². The van der Waals surface area contributed by atoms with Crippen LogP contribution in [0.15, 0.2) is 29.1 Å². The van der Waals surface area contributed by atoms with E-state index in [1.54, 1.807) is 0 Å². The third-order valence-corrected chi connectivity index (χ3v) is 5.09.